The van der Waals surface area contributed by atoms with Crippen LogP contribution in [0.4, 0.5) is 0 Å². The third kappa shape index (κ3) is 2.53. The molecule has 0 aromatic rings. The highest BCUT2D eigenvalue weighted by Crippen LogP contribution is 2.44. The molecule has 68 valence electrons. The minimum atomic E-state index is -1.12. The summed E-state index contributed by atoms with van der Waals surface area (Å²) in [6.07, 6.45) is 5.86. The van der Waals surface area contributed by atoms with Gasteiger partial charge in [0.2, 0.25) is 0 Å². The predicted molar refractivity (Wildman–Crippen MR) is 54.4 cm³/mol. The van der Waals surface area contributed by atoms with E-state index in [0.29, 0.717) is 12.8 Å². The fourth-order valence-electron chi connectivity index (χ4n) is 1.25. The molecule has 0 fully saturated rings. The molecule has 0 saturated carbocycles. The van der Waals surface area contributed by atoms with Gasteiger partial charge in [0, 0.05) is 0 Å². The molecule has 0 aromatic heterocycles. The Bertz CT molecular complexity index is 253. The van der Waals surface area contributed by atoms with Crippen molar-refractivity contribution >= 4 is 18.7 Å². The van der Waals surface area contributed by atoms with Gasteiger partial charge in [0.15, 0.2) is 0 Å². The zero-order valence-electron chi connectivity index (χ0n) is 7.62. The van der Waals surface area contributed by atoms with Crippen molar-refractivity contribution in [2.45, 2.75) is 6.92 Å². The van der Waals surface area contributed by atoms with Gasteiger partial charge in [-0.2, -0.15) is 0 Å². The standard InChI is InChI=1S/C9H15O2P/c1-3-11-9(10)8-12(2)6-4-5-7-12/h4-6H,3,7-8H2,1-2H3. The Hall–Kier alpha value is -0.490. The second-order valence-corrected chi connectivity index (χ2v) is 7.14. The summed E-state index contributed by atoms with van der Waals surface area (Å²) in [7, 11) is 0. The van der Waals surface area contributed by atoms with Crippen molar-refractivity contribution in [3.63, 3.8) is 0 Å². The Balaban J connectivity index is 2.46. The number of carbonyl (C=O) groups is 1. The minimum absolute atomic E-state index is 0.0479. The fraction of sp³-hybridized carbons (Fsp3) is 0.556. The van der Waals surface area contributed by atoms with E-state index >= 15 is 0 Å². The van der Waals surface area contributed by atoms with Crippen LogP contribution in [-0.2, 0) is 9.53 Å². The number of carbonyl (C=O) groups excluding carboxylic acids is 1. The van der Waals surface area contributed by atoms with E-state index in [1.807, 2.05) is 6.92 Å². The number of hydrogen-bond donors (Lipinski definition) is 0. The number of hydrogen-bond acceptors (Lipinski definition) is 2. The van der Waals surface area contributed by atoms with Crippen LogP contribution in [-0.4, -0.2) is 37.4 Å². The first-order valence-electron chi connectivity index (χ1n) is 4.17. The Morgan fingerprint density at radius 1 is 1.67 bits per heavy atom. The van der Waals surface area contributed by atoms with Gasteiger partial charge < -0.3 is 4.74 Å². The Morgan fingerprint density at radius 3 is 2.92 bits per heavy atom. The zero-order valence-corrected chi connectivity index (χ0v) is 8.51. The molecule has 12 heavy (non-hydrogen) atoms. The van der Waals surface area contributed by atoms with Crippen molar-refractivity contribution in [3.8, 4) is 0 Å². The monoisotopic (exact) mass is 186 g/mol. The van der Waals surface area contributed by atoms with Gasteiger partial charge in [0.1, 0.15) is 0 Å². The maximum atomic E-state index is 11.2. The van der Waals surface area contributed by atoms with Gasteiger partial charge >= 0.3 is 5.97 Å². The van der Waals surface area contributed by atoms with E-state index in [9.17, 15) is 4.79 Å². The lowest BCUT2D eigenvalue weighted by Gasteiger charge is -2.14. The first-order valence-corrected chi connectivity index (χ1v) is 6.85. The van der Waals surface area contributed by atoms with E-state index in [2.05, 4.69) is 24.6 Å². The smallest absolute Gasteiger partial charge is 0.310 e. The van der Waals surface area contributed by atoms with Crippen LogP contribution in [0.25, 0.3) is 0 Å². The van der Waals surface area contributed by atoms with Gasteiger partial charge in [-0.25, -0.2) is 0 Å². The van der Waals surface area contributed by atoms with Gasteiger partial charge in [-0.3, -0.25) is 4.79 Å². The first-order chi connectivity index (χ1) is 5.66. The third-order valence-electron chi connectivity index (χ3n) is 1.90. The Morgan fingerprint density at radius 2 is 2.42 bits per heavy atom. The van der Waals surface area contributed by atoms with Crippen LogP contribution in [0.3, 0.4) is 0 Å². The molecule has 0 bridgehead atoms. The van der Waals surface area contributed by atoms with E-state index in [1.165, 1.54) is 0 Å². The summed E-state index contributed by atoms with van der Waals surface area (Å²) < 4.78 is 4.91. The van der Waals surface area contributed by atoms with Crippen molar-refractivity contribution in [3.05, 3.63) is 12.2 Å². The molecule has 0 saturated heterocycles. The topological polar surface area (TPSA) is 26.3 Å². The summed E-state index contributed by atoms with van der Waals surface area (Å²) in [5, 5.41) is 0. The van der Waals surface area contributed by atoms with Crippen LogP contribution in [0, 0.1) is 0 Å². The molecule has 1 heterocycles. The average Bonchev–Trinajstić information content (AvgIpc) is 2.36. The van der Waals surface area contributed by atoms with Crippen molar-refractivity contribution in [2.24, 2.45) is 0 Å². The van der Waals surface area contributed by atoms with E-state index in [1.54, 1.807) is 0 Å². The van der Waals surface area contributed by atoms with Gasteiger partial charge in [0.05, 0.1) is 12.8 Å². The summed E-state index contributed by atoms with van der Waals surface area (Å²) in [5.41, 5.74) is 0. The number of ether oxygens (including phenoxy) is 1. The predicted octanol–water partition coefficient (Wildman–Crippen LogP) is 1.57. The lowest BCUT2D eigenvalue weighted by atomic mass is 10.6. The van der Waals surface area contributed by atoms with Crippen LogP contribution in [0.5, 0.6) is 0 Å². The van der Waals surface area contributed by atoms with Crippen molar-refractivity contribution in [1.29, 1.82) is 0 Å². The van der Waals surface area contributed by atoms with E-state index < -0.39 is 6.89 Å². The van der Waals surface area contributed by atoms with Crippen LogP contribution >= 0.6 is 6.89 Å². The van der Waals surface area contributed by atoms with Crippen molar-refractivity contribution in [1.82, 2.24) is 0 Å². The molecule has 1 rings (SSSR count). The maximum absolute atomic E-state index is 11.2. The molecular weight excluding hydrogens is 171 g/mol. The van der Waals surface area contributed by atoms with Gasteiger partial charge in [-0.05, 0) is 19.8 Å². The largest absolute Gasteiger partial charge is 0.466 e. The zero-order chi connectivity index (χ0) is 9.03. The molecule has 0 aliphatic carbocycles. The molecule has 1 atom stereocenters. The highest BCUT2D eigenvalue weighted by molar-refractivity contribution is 7.75. The average molecular weight is 186 g/mol. The van der Waals surface area contributed by atoms with Crippen molar-refractivity contribution in [2.75, 3.05) is 25.6 Å². The molecule has 1 unspecified atom stereocenters. The molecule has 0 aromatic carbocycles. The van der Waals surface area contributed by atoms with E-state index in [4.69, 9.17) is 4.74 Å². The van der Waals surface area contributed by atoms with Crippen LogP contribution in [0.2, 0.25) is 0 Å². The van der Waals surface area contributed by atoms with E-state index in [-0.39, 0.29) is 5.97 Å². The molecule has 1 aliphatic heterocycles. The normalized spacial score (nSPS) is 26.8. The number of allylic oxidation sites excluding steroid dienone is 2. The quantitative estimate of drug-likeness (QED) is 0.494. The minimum Gasteiger partial charge on any atom is -0.466 e. The highest BCUT2D eigenvalue weighted by Gasteiger charge is 2.16. The summed E-state index contributed by atoms with van der Waals surface area (Å²) in [5.74, 6) is 2.14. The summed E-state index contributed by atoms with van der Waals surface area (Å²) in [4.78, 5) is 11.2. The number of rotatable bonds is 3. The summed E-state index contributed by atoms with van der Waals surface area (Å²) >= 11 is 0. The first kappa shape index (κ1) is 9.60. The van der Waals surface area contributed by atoms with Crippen LogP contribution in [0.1, 0.15) is 6.92 Å². The molecule has 3 heteroatoms. The van der Waals surface area contributed by atoms with Gasteiger partial charge in [-0.15, -0.1) is 0 Å². The molecular formula is C9H15O2P. The van der Waals surface area contributed by atoms with E-state index in [0.717, 1.165) is 6.16 Å². The fourth-order valence-corrected chi connectivity index (χ4v) is 3.43. The van der Waals surface area contributed by atoms with Gasteiger partial charge in [0.25, 0.3) is 0 Å². The Labute approximate surface area is 73.6 Å². The van der Waals surface area contributed by atoms with Gasteiger partial charge in [-0.1, -0.05) is 24.8 Å². The summed E-state index contributed by atoms with van der Waals surface area (Å²) in [6, 6.07) is 0. The highest BCUT2D eigenvalue weighted by atomic mass is 31.2. The van der Waals surface area contributed by atoms with Crippen LogP contribution in [0.15, 0.2) is 12.2 Å². The second kappa shape index (κ2) is 3.95. The lowest BCUT2D eigenvalue weighted by Crippen LogP contribution is -2.10. The maximum Gasteiger partial charge on any atom is 0.310 e. The third-order valence-corrected chi connectivity index (χ3v) is 4.82. The SMILES string of the molecule is CCOC(=O)CP1(C)=CC=CC1. The lowest BCUT2D eigenvalue weighted by molar-refractivity contribution is -0.139. The molecule has 2 nitrogen and oxygen atoms in total. The van der Waals surface area contributed by atoms with Crippen LogP contribution < -0.4 is 0 Å². The molecule has 0 spiro atoms. The molecule has 1 aliphatic rings. The van der Waals surface area contributed by atoms with Crippen molar-refractivity contribution < 1.29 is 9.53 Å². The molecule has 0 N–H and O–H groups in total. The number of esters is 1. The molecule has 0 amide bonds. The summed E-state index contributed by atoms with van der Waals surface area (Å²) in [6.45, 7) is 3.40. The molecule has 0 radical (unpaired) electrons. The second-order valence-electron chi connectivity index (χ2n) is 3.20. The Kier molecular flexibility index (Phi) is 3.16.